The van der Waals surface area contributed by atoms with Crippen LogP contribution in [0.25, 0.3) is 21.2 Å². The van der Waals surface area contributed by atoms with Crippen molar-refractivity contribution in [1.29, 1.82) is 0 Å². The first-order chi connectivity index (χ1) is 12.6. The standard InChI is InChI=1S/C20H18N2O3S/c21-19(23)14-6-4-13(5-7-14)15-2-1-3-17-16(15)12-18(26-17)20(24)22-8-10-25-11-9-22/h1-7,12H,8-11H2,(H2,21,23). The van der Waals surface area contributed by atoms with Gasteiger partial charge in [0, 0.05) is 28.7 Å². The van der Waals surface area contributed by atoms with Crippen LogP contribution in [0.15, 0.2) is 48.5 Å². The molecule has 6 heteroatoms. The lowest BCUT2D eigenvalue weighted by Crippen LogP contribution is -2.40. The Labute approximate surface area is 155 Å². The molecule has 0 aliphatic carbocycles. The molecule has 1 aromatic heterocycles. The fourth-order valence-electron chi connectivity index (χ4n) is 3.15. The molecule has 0 bridgehead atoms. The molecule has 1 aliphatic heterocycles. The Morgan fingerprint density at radius 2 is 1.77 bits per heavy atom. The maximum absolute atomic E-state index is 12.8. The summed E-state index contributed by atoms with van der Waals surface area (Å²) in [6, 6.07) is 15.2. The van der Waals surface area contributed by atoms with E-state index in [1.807, 2.05) is 41.3 Å². The summed E-state index contributed by atoms with van der Waals surface area (Å²) in [5.41, 5.74) is 7.82. The van der Waals surface area contributed by atoms with Gasteiger partial charge in [-0.15, -0.1) is 11.3 Å². The first-order valence-electron chi connectivity index (χ1n) is 8.43. The van der Waals surface area contributed by atoms with Crippen molar-refractivity contribution in [3.63, 3.8) is 0 Å². The van der Waals surface area contributed by atoms with Crippen LogP contribution in [0, 0.1) is 0 Å². The largest absolute Gasteiger partial charge is 0.378 e. The van der Waals surface area contributed by atoms with Crippen LogP contribution < -0.4 is 5.73 Å². The Hall–Kier alpha value is -2.70. The molecule has 132 valence electrons. The number of nitrogens with zero attached hydrogens (tertiary/aromatic N) is 1. The molecule has 0 spiro atoms. The van der Waals surface area contributed by atoms with Crippen molar-refractivity contribution in [2.24, 2.45) is 5.73 Å². The van der Waals surface area contributed by atoms with Gasteiger partial charge >= 0.3 is 0 Å². The molecule has 5 nitrogen and oxygen atoms in total. The lowest BCUT2D eigenvalue weighted by atomic mass is 10.0. The molecule has 1 saturated heterocycles. The van der Waals surface area contributed by atoms with Crippen LogP contribution in [0.1, 0.15) is 20.0 Å². The smallest absolute Gasteiger partial charge is 0.264 e. The molecule has 0 atom stereocenters. The van der Waals surface area contributed by atoms with Crippen LogP contribution in [-0.4, -0.2) is 43.0 Å². The predicted octanol–water partition coefficient (Wildman–Crippen LogP) is 3.14. The summed E-state index contributed by atoms with van der Waals surface area (Å²) >= 11 is 1.51. The fourth-order valence-corrected chi connectivity index (χ4v) is 4.21. The Morgan fingerprint density at radius 1 is 1.04 bits per heavy atom. The molecule has 4 rings (SSSR count). The third kappa shape index (κ3) is 3.09. The summed E-state index contributed by atoms with van der Waals surface area (Å²) in [7, 11) is 0. The molecule has 1 aliphatic rings. The van der Waals surface area contributed by atoms with E-state index in [1.54, 1.807) is 12.1 Å². The highest BCUT2D eigenvalue weighted by Gasteiger charge is 2.21. The molecule has 2 amide bonds. The van der Waals surface area contributed by atoms with Gasteiger partial charge in [0.2, 0.25) is 5.91 Å². The van der Waals surface area contributed by atoms with Crippen molar-refractivity contribution in [3.05, 3.63) is 59.0 Å². The monoisotopic (exact) mass is 366 g/mol. The third-order valence-electron chi connectivity index (χ3n) is 4.55. The summed E-state index contributed by atoms with van der Waals surface area (Å²) in [6.45, 7) is 2.45. The average molecular weight is 366 g/mol. The van der Waals surface area contributed by atoms with Gasteiger partial charge in [-0.05, 0) is 35.4 Å². The van der Waals surface area contributed by atoms with E-state index in [2.05, 4.69) is 0 Å². The van der Waals surface area contributed by atoms with Crippen molar-refractivity contribution in [1.82, 2.24) is 4.90 Å². The van der Waals surface area contributed by atoms with Gasteiger partial charge in [0.15, 0.2) is 0 Å². The molecule has 3 aromatic rings. The van der Waals surface area contributed by atoms with Gasteiger partial charge in [0.05, 0.1) is 18.1 Å². The third-order valence-corrected chi connectivity index (χ3v) is 5.64. The number of carbonyl (C=O) groups excluding carboxylic acids is 2. The summed E-state index contributed by atoms with van der Waals surface area (Å²) in [6.07, 6.45) is 0. The molecule has 1 fully saturated rings. The summed E-state index contributed by atoms with van der Waals surface area (Å²) < 4.78 is 6.39. The number of nitrogens with two attached hydrogens (primary N) is 1. The van der Waals surface area contributed by atoms with Crippen LogP contribution in [0.5, 0.6) is 0 Å². The zero-order valence-corrected chi connectivity index (χ0v) is 14.9. The lowest BCUT2D eigenvalue weighted by Gasteiger charge is -2.26. The van der Waals surface area contributed by atoms with Crippen molar-refractivity contribution in [2.75, 3.05) is 26.3 Å². The van der Waals surface area contributed by atoms with Gasteiger partial charge in [-0.1, -0.05) is 24.3 Å². The lowest BCUT2D eigenvalue weighted by molar-refractivity contribution is 0.0306. The quantitative estimate of drug-likeness (QED) is 0.774. The van der Waals surface area contributed by atoms with Gasteiger partial charge in [-0.3, -0.25) is 9.59 Å². The summed E-state index contributed by atoms with van der Waals surface area (Å²) in [4.78, 5) is 26.6. The number of hydrogen-bond donors (Lipinski definition) is 1. The molecular formula is C20H18N2O3S. The maximum Gasteiger partial charge on any atom is 0.264 e. The Balaban J connectivity index is 1.71. The molecule has 26 heavy (non-hydrogen) atoms. The van der Waals surface area contributed by atoms with Crippen molar-refractivity contribution in [2.45, 2.75) is 0 Å². The first kappa shape index (κ1) is 16.8. The van der Waals surface area contributed by atoms with Gasteiger partial charge in [0.25, 0.3) is 5.91 Å². The number of rotatable bonds is 3. The Kier molecular flexibility index (Phi) is 4.44. The SMILES string of the molecule is NC(=O)c1ccc(-c2cccc3sc(C(=O)N4CCOCC4)cc23)cc1. The Morgan fingerprint density at radius 3 is 2.46 bits per heavy atom. The van der Waals surface area contributed by atoms with Crippen LogP contribution in [0.3, 0.4) is 0 Å². The Bertz CT molecular complexity index is 972. The number of morpholine rings is 1. The van der Waals surface area contributed by atoms with E-state index in [9.17, 15) is 9.59 Å². The molecule has 2 aromatic carbocycles. The number of fused-ring (bicyclic) bond motifs is 1. The zero-order chi connectivity index (χ0) is 18.1. The van der Waals surface area contributed by atoms with Gasteiger partial charge in [0.1, 0.15) is 0 Å². The fraction of sp³-hybridized carbons (Fsp3) is 0.200. The van der Waals surface area contributed by atoms with E-state index in [0.29, 0.717) is 31.9 Å². The van der Waals surface area contributed by atoms with Gasteiger partial charge in [-0.2, -0.15) is 0 Å². The zero-order valence-electron chi connectivity index (χ0n) is 14.1. The summed E-state index contributed by atoms with van der Waals surface area (Å²) in [5.74, 6) is -0.381. The highest BCUT2D eigenvalue weighted by Crippen LogP contribution is 2.34. The molecule has 0 unspecified atom stereocenters. The minimum atomic E-state index is -0.441. The number of ether oxygens (including phenoxy) is 1. The van der Waals surface area contributed by atoms with E-state index < -0.39 is 5.91 Å². The van der Waals surface area contributed by atoms with E-state index in [1.165, 1.54) is 11.3 Å². The number of hydrogen-bond acceptors (Lipinski definition) is 4. The van der Waals surface area contributed by atoms with E-state index in [-0.39, 0.29) is 5.91 Å². The highest BCUT2D eigenvalue weighted by atomic mass is 32.1. The normalized spacial score (nSPS) is 14.5. The number of carbonyl (C=O) groups is 2. The number of benzene rings is 2. The molecule has 2 N–H and O–H groups in total. The predicted molar refractivity (Wildman–Crippen MR) is 103 cm³/mol. The topological polar surface area (TPSA) is 72.6 Å². The van der Waals surface area contributed by atoms with E-state index in [0.717, 1.165) is 26.1 Å². The molecule has 2 heterocycles. The molecular weight excluding hydrogens is 348 g/mol. The van der Waals surface area contributed by atoms with E-state index >= 15 is 0 Å². The van der Waals surface area contributed by atoms with Crippen LogP contribution in [0.4, 0.5) is 0 Å². The highest BCUT2D eigenvalue weighted by molar-refractivity contribution is 7.20. The van der Waals surface area contributed by atoms with E-state index in [4.69, 9.17) is 10.5 Å². The minimum Gasteiger partial charge on any atom is -0.378 e. The molecule has 0 radical (unpaired) electrons. The number of thiophene rings is 1. The molecule has 0 saturated carbocycles. The number of primary amides is 1. The average Bonchev–Trinajstić information content (AvgIpc) is 3.12. The minimum absolute atomic E-state index is 0.0597. The van der Waals surface area contributed by atoms with Crippen LogP contribution >= 0.6 is 11.3 Å². The maximum atomic E-state index is 12.8. The summed E-state index contributed by atoms with van der Waals surface area (Å²) in [5, 5.41) is 1.04. The number of amides is 2. The first-order valence-corrected chi connectivity index (χ1v) is 9.25. The van der Waals surface area contributed by atoms with Gasteiger partial charge < -0.3 is 15.4 Å². The second-order valence-electron chi connectivity index (χ2n) is 6.17. The van der Waals surface area contributed by atoms with Crippen LogP contribution in [-0.2, 0) is 4.74 Å². The second-order valence-corrected chi connectivity index (χ2v) is 7.26. The van der Waals surface area contributed by atoms with Crippen molar-refractivity contribution < 1.29 is 14.3 Å². The van der Waals surface area contributed by atoms with Crippen molar-refractivity contribution in [3.8, 4) is 11.1 Å². The van der Waals surface area contributed by atoms with Crippen molar-refractivity contribution >= 4 is 33.2 Å². The second kappa shape index (κ2) is 6.90. The van der Waals surface area contributed by atoms with Gasteiger partial charge in [-0.25, -0.2) is 0 Å². The van der Waals surface area contributed by atoms with Crippen LogP contribution in [0.2, 0.25) is 0 Å².